The highest BCUT2D eigenvalue weighted by Gasteiger charge is 2.18. The minimum absolute atomic E-state index is 0.246. The molecule has 0 saturated heterocycles. The third-order valence-electron chi connectivity index (χ3n) is 1.11. The average molecular weight is 167 g/mol. The smallest absolute Gasteiger partial charge is 0.0257 e. The third kappa shape index (κ3) is 5.10. The van der Waals surface area contributed by atoms with Gasteiger partial charge in [-0.2, -0.15) is 0 Å². The third-order valence-corrected chi connectivity index (χ3v) is 2.95. The van der Waals surface area contributed by atoms with E-state index >= 15 is 0 Å². The van der Waals surface area contributed by atoms with Gasteiger partial charge in [0.15, 0.2) is 0 Å². The Bertz CT molecular complexity index is 79.0. The second-order valence-corrected chi connectivity index (χ2v) is 5.16. The van der Waals surface area contributed by atoms with Crippen LogP contribution in [0, 0.1) is 5.92 Å². The maximum atomic E-state index is 5.65. The number of hydrogen-bond acceptors (Lipinski definition) is 1. The molecule has 0 unspecified atom stereocenters. The van der Waals surface area contributed by atoms with E-state index in [-0.39, 0.29) is 4.75 Å². The summed E-state index contributed by atoms with van der Waals surface area (Å²) in [5, 5.41) is 0. The molecule has 0 radical (unpaired) electrons. The molecule has 0 aliphatic heterocycles. The normalized spacial score (nSPS) is 12.7. The molecule has 0 aliphatic carbocycles. The molecule has 0 aromatic rings. The summed E-state index contributed by atoms with van der Waals surface area (Å²) in [5.41, 5.74) is 0. The zero-order chi connectivity index (χ0) is 7.49. The van der Waals surface area contributed by atoms with Crippen molar-refractivity contribution in [2.45, 2.75) is 38.9 Å². The first-order valence-electron chi connectivity index (χ1n) is 3.27. The summed E-state index contributed by atoms with van der Waals surface area (Å²) >= 11 is 0. The average Bonchev–Trinajstić information content (AvgIpc) is 1.63. The van der Waals surface area contributed by atoms with Crippen molar-refractivity contribution in [2.75, 3.05) is 0 Å². The van der Waals surface area contributed by atoms with E-state index in [1.165, 1.54) is 17.4 Å². The Balaban J connectivity index is 3.58. The van der Waals surface area contributed by atoms with Crippen molar-refractivity contribution >= 4 is 21.7 Å². The van der Waals surface area contributed by atoms with Gasteiger partial charge in [0.1, 0.15) is 0 Å². The number of rotatable bonds is 3. The van der Waals surface area contributed by atoms with Gasteiger partial charge >= 0.3 is 0 Å². The molecule has 0 amide bonds. The Labute approximate surface area is 66.9 Å². The van der Waals surface area contributed by atoms with Crippen LogP contribution >= 0.6 is 21.7 Å². The number of halogens is 1. The van der Waals surface area contributed by atoms with Crippen LogP contribution in [0.3, 0.4) is 0 Å². The van der Waals surface area contributed by atoms with Crippen molar-refractivity contribution in [1.29, 1.82) is 0 Å². The van der Waals surface area contributed by atoms with E-state index in [1.807, 2.05) is 0 Å². The molecule has 0 N–H and O–H groups in total. The van der Waals surface area contributed by atoms with Crippen LogP contribution in [-0.4, -0.2) is 4.75 Å². The van der Waals surface area contributed by atoms with Gasteiger partial charge in [-0.15, -0.1) is 0 Å². The lowest BCUT2D eigenvalue weighted by atomic mass is 10.0. The Morgan fingerprint density at radius 3 is 2.00 bits per heavy atom. The first kappa shape index (κ1) is 9.64. The maximum Gasteiger partial charge on any atom is 0.0257 e. The molecule has 56 valence electrons. The van der Waals surface area contributed by atoms with Crippen LogP contribution in [0.1, 0.15) is 34.1 Å². The van der Waals surface area contributed by atoms with Crippen LogP contribution < -0.4 is 0 Å². The van der Waals surface area contributed by atoms with Gasteiger partial charge in [-0.25, -0.2) is 0 Å². The fourth-order valence-corrected chi connectivity index (χ4v) is 1.60. The van der Waals surface area contributed by atoms with Crippen molar-refractivity contribution in [3.8, 4) is 0 Å². The zero-order valence-corrected chi connectivity index (χ0v) is 8.14. The summed E-state index contributed by atoms with van der Waals surface area (Å²) in [4.78, 5) is 0. The first-order chi connectivity index (χ1) is 3.98. The fourth-order valence-electron chi connectivity index (χ4n) is 1.01. The summed E-state index contributed by atoms with van der Waals surface area (Å²) in [6.45, 7) is 8.78. The van der Waals surface area contributed by atoms with Gasteiger partial charge in [-0.1, -0.05) is 13.8 Å². The predicted octanol–water partition coefficient (Wildman–Crippen LogP) is 3.70. The molecule has 2 heteroatoms. The lowest BCUT2D eigenvalue weighted by Crippen LogP contribution is -2.15. The largest absolute Gasteiger partial charge is 0.0627 e. The van der Waals surface area contributed by atoms with Crippen molar-refractivity contribution in [3.63, 3.8) is 0 Å². The van der Waals surface area contributed by atoms with Crippen LogP contribution in [0.4, 0.5) is 0 Å². The van der Waals surface area contributed by atoms with Crippen LogP contribution in [0.2, 0.25) is 0 Å². The van der Waals surface area contributed by atoms with E-state index in [1.54, 1.807) is 0 Å². The minimum Gasteiger partial charge on any atom is -0.0627 e. The van der Waals surface area contributed by atoms with E-state index in [4.69, 9.17) is 10.7 Å². The molecule has 0 aliphatic rings. The van der Waals surface area contributed by atoms with Gasteiger partial charge in [0.25, 0.3) is 0 Å². The van der Waals surface area contributed by atoms with Crippen LogP contribution in [0.25, 0.3) is 0 Å². The molecule has 0 heterocycles. The second kappa shape index (κ2) is 3.72. The standard InChI is InChI=1S/C7H15ClS/c1-6(2)5-7(3,4)9-8/h6H,5H2,1-4H3. The molecule has 0 fully saturated rings. The Morgan fingerprint density at radius 1 is 1.44 bits per heavy atom. The van der Waals surface area contributed by atoms with Gasteiger partial charge in [0.2, 0.25) is 0 Å². The molecule has 0 bridgehead atoms. The predicted molar refractivity (Wildman–Crippen MR) is 47.0 cm³/mol. The van der Waals surface area contributed by atoms with Crippen molar-refractivity contribution < 1.29 is 0 Å². The van der Waals surface area contributed by atoms with E-state index in [9.17, 15) is 0 Å². The van der Waals surface area contributed by atoms with E-state index in [0.29, 0.717) is 0 Å². The highest BCUT2D eigenvalue weighted by molar-refractivity contribution is 8.22. The first-order valence-corrected chi connectivity index (χ1v) is 4.92. The van der Waals surface area contributed by atoms with E-state index in [2.05, 4.69) is 27.7 Å². The SMILES string of the molecule is CC(C)CC(C)(C)SCl. The topological polar surface area (TPSA) is 0 Å². The minimum atomic E-state index is 0.246. The quantitative estimate of drug-likeness (QED) is 0.616. The summed E-state index contributed by atoms with van der Waals surface area (Å²) in [6, 6.07) is 0. The van der Waals surface area contributed by atoms with Crippen LogP contribution in [0.15, 0.2) is 0 Å². The molecule has 0 spiro atoms. The lowest BCUT2D eigenvalue weighted by Gasteiger charge is -2.21. The van der Waals surface area contributed by atoms with Crippen molar-refractivity contribution in [2.24, 2.45) is 5.92 Å². The number of hydrogen-bond donors (Lipinski definition) is 0. The van der Waals surface area contributed by atoms with E-state index < -0.39 is 0 Å². The molecule has 9 heavy (non-hydrogen) atoms. The van der Waals surface area contributed by atoms with Gasteiger partial charge in [0.05, 0.1) is 0 Å². The molecule has 0 nitrogen and oxygen atoms in total. The molecule has 0 atom stereocenters. The maximum absolute atomic E-state index is 5.65. The van der Waals surface area contributed by atoms with Crippen LogP contribution in [0.5, 0.6) is 0 Å². The Morgan fingerprint density at radius 2 is 1.89 bits per heavy atom. The molecular weight excluding hydrogens is 152 g/mol. The lowest BCUT2D eigenvalue weighted by molar-refractivity contribution is 0.505. The van der Waals surface area contributed by atoms with Gasteiger partial charge in [0, 0.05) is 4.75 Å². The molecular formula is C7H15ClS. The monoisotopic (exact) mass is 166 g/mol. The van der Waals surface area contributed by atoms with Gasteiger partial charge < -0.3 is 0 Å². The summed E-state index contributed by atoms with van der Waals surface area (Å²) in [7, 11) is 7.08. The molecule has 0 rings (SSSR count). The highest BCUT2D eigenvalue weighted by Crippen LogP contribution is 2.33. The summed E-state index contributed by atoms with van der Waals surface area (Å²) in [5.74, 6) is 0.742. The zero-order valence-electron chi connectivity index (χ0n) is 6.57. The molecule has 0 aromatic heterocycles. The van der Waals surface area contributed by atoms with Crippen molar-refractivity contribution in [3.05, 3.63) is 0 Å². The van der Waals surface area contributed by atoms with E-state index in [0.717, 1.165) is 5.92 Å². The van der Waals surface area contributed by atoms with Gasteiger partial charge in [-0.3, -0.25) is 0 Å². The van der Waals surface area contributed by atoms with Crippen LogP contribution in [-0.2, 0) is 0 Å². The molecule has 0 saturated carbocycles. The second-order valence-electron chi connectivity index (χ2n) is 3.43. The van der Waals surface area contributed by atoms with Crippen molar-refractivity contribution in [1.82, 2.24) is 0 Å². The summed E-state index contributed by atoms with van der Waals surface area (Å²) in [6.07, 6.45) is 1.18. The highest BCUT2D eigenvalue weighted by atomic mass is 35.7. The fraction of sp³-hybridized carbons (Fsp3) is 1.00. The van der Waals surface area contributed by atoms with Gasteiger partial charge in [-0.05, 0) is 47.8 Å². The Kier molecular flexibility index (Phi) is 3.99. The summed E-state index contributed by atoms with van der Waals surface area (Å²) < 4.78 is 0.246. The Hall–Kier alpha value is 0.640. The molecule has 0 aromatic carbocycles.